The summed E-state index contributed by atoms with van der Waals surface area (Å²) in [7, 11) is 0. The van der Waals surface area contributed by atoms with Crippen molar-refractivity contribution >= 4 is 23.1 Å². The molecule has 0 bridgehead atoms. The van der Waals surface area contributed by atoms with E-state index in [9.17, 15) is 4.79 Å². The number of nitrogens with two attached hydrogens (primary N) is 1. The van der Waals surface area contributed by atoms with E-state index in [-0.39, 0.29) is 12.3 Å². The van der Waals surface area contributed by atoms with Gasteiger partial charge >= 0.3 is 0 Å². The van der Waals surface area contributed by atoms with Gasteiger partial charge in [0.1, 0.15) is 0 Å². The first kappa shape index (κ1) is 12.4. The minimum Gasteiger partial charge on any atom is -0.370 e. The maximum atomic E-state index is 11.5. The number of carbonyl (C=O) groups is 1. The van der Waals surface area contributed by atoms with Gasteiger partial charge in [0.25, 0.3) is 0 Å². The van der Waals surface area contributed by atoms with Gasteiger partial charge in [-0.2, -0.15) is 0 Å². The molecule has 0 saturated carbocycles. The van der Waals surface area contributed by atoms with E-state index in [2.05, 4.69) is 4.90 Å². The molecule has 1 aliphatic heterocycles. The van der Waals surface area contributed by atoms with Gasteiger partial charge in [0.15, 0.2) is 5.78 Å². The lowest BCUT2D eigenvalue weighted by molar-refractivity contribution is 0.100. The Morgan fingerprint density at radius 1 is 1.29 bits per heavy atom. The quantitative estimate of drug-likeness (QED) is 0.841. The predicted molar refractivity (Wildman–Crippen MR) is 70.9 cm³/mol. The van der Waals surface area contributed by atoms with Gasteiger partial charge in [-0.1, -0.05) is 11.6 Å². The van der Waals surface area contributed by atoms with E-state index in [1.807, 2.05) is 12.1 Å². The molecule has 1 heterocycles. The lowest BCUT2D eigenvalue weighted by atomic mass is 10.1. The summed E-state index contributed by atoms with van der Waals surface area (Å²) in [6.45, 7) is 2.12. The van der Waals surface area contributed by atoms with Crippen LogP contribution in [0.2, 0.25) is 5.02 Å². The third kappa shape index (κ3) is 2.79. The van der Waals surface area contributed by atoms with Crippen molar-refractivity contribution in [2.75, 3.05) is 24.5 Å². The fourth-order valence-electron chi connectivity index (χ4n) is 2.19. The van der Waals surface area contributed by atoms with Gasteiger partial charge in [-0.25, -0.2) is 0 Å². The highest BCUT2D eigenvalue weighted by atomic mass is 35.5. The SMILES string of the molecule is NCC(=O)c1ccc(N2CCCCC2)c(Cl)c1. The third-order valence-electron chi connectivity index (χ3n) is 3.15. The normalized spacial score (nSPS) is 16.0. The van der Waals surface area contributed by atoms with E-state index >= 15 is 0 Å². The smallest absolute Gasteiger partial charge is 0.176 e. The molecule has 1 aliphatic rings. The topological polar surface area (TPSA) is 46.3 Å². The van der Waals surface area contributed by atoms with Crippen molar-refractivity contribution in [3.63, 3.8) is 0 Å². The summed E-state index contributed by atoms with van der Waals surface area (Å²) in [5, 5.41) is 0.645. The van der Waals surface area contributed by atoms with Gasteiger partial charge in [0, 0.05) is 18.7 Å². The number of rotatable bonds is 3. The van der Waals surface area contributed by atoms with E-state index in [4.69, 9.17) is 17.3 Å². The van der Waals surface area contributed by atoms with Crippen LogP contribution in [0.4, 0.5) is 5.69 Å². The summed E-state index contributed by atoms with van der Waals surface area (Å²) in [5.41, 5.74) is 6.96. The average molecular weight is 253 g/mol. The second-order valence-electron chi connectivity index (χ2n) is 4.34. The van der Waals surface area contributed by atoms with E-state index in [0.717, 1.165) is 18.8 Å². The monoisotopic (exact) mass is 252 g/mol. The van der Waals surface area contributed by atoms with Gasteiger partial charge in [-0.05, 0) is 37.5 Å². The summed E-state index contributed by atoms with van der Waals surface area (Å²) in [4.78, 5) is 13.7. The molecule has 0 atom stereocenters. The molecule has 0 unspecified atom stereocenters. The molecule has 3 nitrogen and oxygen atoms in total. The largest absolute Gasteiger partial charge is 0.370 e. The minimum atomic E-state index is -0.0721. The number of hydrogen-bond acceptors (Lipinski definition) is 3. The Morgan fingerprint density at radius 2 is 2.00 bits per heavy atom. The van der Waals surface area contributed by atoms with Crippen molar-refractivity contribution in [2.24, 2.45) is 5.73 Å². The molecule has 17 heavy (non-hydrogen) atoms. The lowest BCUT2D eigenvalue weighted by Gasteiger charge is -2.29. The van der Waals surface area contributed by atoms with Crippen molar-refractivity contribution in [1.29, 1.82) is 0 Å². The van der Waals surface area contributed by atoms with Gasteiger partial charge in [0.05, 0.1) is 17.3 Å². The fraction of sp³-hybridized carbons (Fsp3) is 0.462. The summed E-state index contributed by atoms with van der Waals surface area (Å²) in [6.07, 6.45) is 3.71. The molecule has 92 valence electrons. The van der Waals surface area contributed by atoms with Crippen LogP contribution in [-0.4, -0.2) is 25.4 Å². The van der Waals surface area contributed by atoms with Crippen molar-refractivity contribution < 1.29 is 4.79 Å². The van der Waals surface area contributed by atoms with Crippen LogP contribution in [-0.2, 0) is 0 Å². The average Bonchev–Trinajstić information content (AvgIpc) is 2.38. The first-order valence-electron chi connectivity index (χ1n) is 6.00. The summed E-state index contributed by atoms with van der Waals surface area (Å²) in [6, 6.07) is 5.46. The van der Waals surface area contributed by atoms with Crippen LogP contribution in [0.15, 0.2) is 18.2 Å². The number of piperidine rings is 1. The summed E-state index contributed by atoms with van der Waals surface area (Å²) < 4.78 is 0. The molecule has 1 saturated heterocycles. The molecule has 0 amide bonds. The number of Topliss-reactive ketones (excluding diaryl/α,β-unsaturated/α-hetero) is 1. The molecule has 1 fully saturated rings. The molecule has 4 heteroatoms. The van der Waals surface area contributed by atoms with Crippen LogP contribution >= 0.6 is 11.6 Å². The Balaban J connectivity index is 2.21. The molecule has 0 aliphatic carbocycles. The Morgan fingerprint density at radius 3 is 2.59 bits per heavy atom. The molecule has 2 N–H and O–H groups in total. The molecular formula is C13H17ClN2O. The van der Waals surface area contributed by atoms with E-state index in [1.165, 1.54) is 19.3 Å². The van der Waals surface area contributed by atoms with Gasteiger partial charge in [-0.15, -0.1) is 0 Å². The molecule has 2 rings (SSSR count). The van der Waals surface area contributed by atoms with Gasteiger partial charge in [0.2, 0.25) is 0 Å². The van der Waals surface area contributed by atoms with Crippen LogP contribution in [0, 0.1) is 0 Å². The molecule has 1 aromatic carbocycles. The van der Waals surface area contributed by atoms with Crippen LogP contribution in [0.25, 0.3) is 0 Å². The predicted octanol–water partition coefficient (Wildman–Crippen LogP) is 2.47. The molecule has 0 aromatic heterocycles. The molecule has 0 radical (unpaired) electrons. The standard InChI is InChI=1S/C13H17ClN2O/c14-11-8-10(13(17)9-15)4-5-12(11)16-6-2-1-3-7-16/h4-5,8H,1-3,6-7,9,15H2. The Kier molecular flexibility index (Phi) is 4.02. The summed E-state index contributed by atoms with van der Waals surface area (Å²) in [5.74, 6) is -0.0721. The van der Waals surface area contributed by atoms with Crippen molar-refractivity contribution in [1.82, 2.24) is 0 Å². The summed E-state index contributed by atoms with van der Waals surface area (Å²) >= 11 is 6.23. The number of carbonyl (C=O) groups excluding carboxylic acids is 1. The number of ketones is 1. The highest BCUT2D eigenvalue weighted by Crippen LogP contribution is 2.29. The minimum absolute atomic E-state index is 0.0272. The maximum absolute atomic E-state index is 11.5. The van der Waals surface area contributed by atoms with Crippen LogP contribution < -0.4 is 10.6 Å². The second-order valence-corrected chi connectivity index (χ2v) is 4.75. The number of benzene rings is 1. The number of hydrogen-bond donors (Lipinski definition) is 1. The first-order valence-corrected chi connectivity index (χ1v) is 6.38. The van der Waals surface area contributed by atoms with Crippen LogP contribution in [0.1, 0.15) is 29.6 Å². The van der Waals surface area contributed by atoms with E-state index in [0.29, 0.717) is 10.6 Å². The molecular weight excluding hydrogens is 236 g/mol. The maximum Gasteiger partial charge on any atom is 0.176 e. The highest BCUT2D eigenvalue weighted by molar-refractivity contribution is 6.33. The zero-order valence-electron chi connectivity index (χ0n) is 9.79. The lowest BCUT2D eigenvalue weighted by Crippen LogP contribution is -2.29. The van der Waals surface area contributed by atoms with Crippen molar-refractivity contribution in [2.45, 2.75) is 19.3 Å². The molecule has 0 spiro atoms. The van der Waals surface area contributed by atoms with Crippen molar-refractivity contribution in [3.8, 4) is 0 Å². The second kappa shape index (κ2) is 5.52. The van der Waals surface area contributed by atoms with Crippen molar-refractivity contribution in [3.05, 3.63) is 28.8 Å². The molecule has 1 aromatic rings. The Bertz CT molecular complexity index is 414. The van der Waals surface area contributed by atoms with Gasteiger partial charge in [-0.3, -0.25) is 4.79 Å². The van der Waals surface area contributed by atoms with Crippen LogP contribution in [0.3, 0.4) is 0 Å². The fourth-order valence-corrected chi connectivity index (χ4v) is 2.49. The zero-order chi connectivity index (χ0) is 12.3. The number of anilines is 1. The third-order valence-corrected chi connectivity index (χ3v) is 3.45. The highest BCUT2D eigenvalue weighted by Gasteiger charge is 2.15. The van der Waals surface area contributed by atoms with Gasteiger partial charge < -0.3 is 10.6 Å². The number of halogens is 1. The zero-order valence-corrected chi connectivity index (χ0v) is 10.5. The van der Waals surface area contributed by atoms with Crippen LogP contribution in [0.5, 0.6) is 0 Å². The first-order chi connectivity index (χ1) is 8.22. The number of nitrogens with zero attached hydrogens (tertiary/aromatic N) is 1. The Labute approximate surface area is 107 Å². The van der Waals surface area contributed by atoms with E-state index < -0.39 is 0 Å². The Hall–Kier alpha value is -1.06. The van der Waals surface area contributed by atoms with E-state index in [1.54, 1.807) is 6.07 Å².